The topological polar surface area (TPSA) is 332 Å². The van der Waals surface area contributed by atoms with E-state index in [1.807, 2.05) is 92.1 Å². The number of carbonyl (C=O) groups is 2. The Balaban J connectivity index is 0.000000148. The monoisotopic (exact) mass is 1460 g/mol. The number of methoxy groups -OCH3 is 2. The summed E-state index contributed by atoms with van der Waals surface area (Å²) in [6.07, 6.45) is 27.9. The molecule has 6 N–H and O–H groups in total. The SMILES string of the molecule is CCC(=O)c1ccc(-c2cc(C3CCC(O)CC3)n3nc(N[C@@H](C)COC(F)F)ncc23)cn1.COC[C@H](C)Nc1ncc2c(-c3cnn(Cc4ccc(S(C)(=O)=O)cc4)c3)cc(C3CCC(O)CC3)n2n1.COC[C@H](C)Nc1ncc2c(-c3cnn([C@@H]4CCCC4=O)c3)cc(C3CCC(O)CC3)n2n1. The molecule has 4 atom stereocenters. The average molecular weight is 1460 g/mol. The molecule has 560 valence electrons. The van der Waals surface area contributed by atoms with Crippen molar-refractivity contribution in [3.05, 3.63) is 133 Å². The minimum Gasteiger partial charge on any atom is -0.393 e. The number of benzene rings is 1. The van der Waals surface area contributed by atoms with Gasteiger partial charge in [0.1, 0.15) is 11.7 Å². The van der Waals surface area contributed by atoms with Crippen LogP contribution in [-0.2, 0) is 35.4 Å². The number of sulfone groups is 1. The van der Waals surface area contributed by atoms with Crippen LogP contribution in [0.5, 0.6) is 0 Å². The first kappa shape index (κ1) is 75.6. The Morgan fingerprint density at radius 3 is 1.43 bits per heavy atom. The van der Waals surface area contributed by atoms with Crippen molar-refractivity contribution in [2.75, 3.05) is 56.2 Å². The van der Waals surface area contributed by atoms with Crippen LogP contribution in [0.25, 0.3) is 49.9 Å². The van der Waals surface area contributed by atoms with Crippen molar-refractivity contribution in [1.82, 2.24) is 68.3 Å². The summed E-state index contributed by atoms with van der Waals surface area (Å²) < 4.78 is 72.5. The van der Waals surface area contributed by atoms with Gasteiger partial charge in [-0.05, 0) is 153 Å². The van der Waals surface area contributed by atoms with Gasteiger partial charge in [-0.1, -0.05) is 25.1 Å². The van der Waals surface area contributed by atoms with Crippen molar-refractivity contribution in [2.45, 2.75) is 209 Å². The summed E-state index contributed by atoms with van der Waals surface area (Å²) >= 11 is 0. The number of aliphatic hydroxyl groups is 3. The lowest BCUT2D eigenvalue weighted by molar-refractivity contribution is -0.130. The summed E-state index contributed by atoms with van der Waals surface area (Å²) in [5.74, 6) is 2.46. The molecule has 4 aliphatic rings. The molecule has 0 unspecified atom stereocenters. The van der Waals surface area contributed by atoms with Gasteiger partial charge in [0.25, 0.3) is 0 Å². The van der Waals surface area contributed by atoms with E-state index in [4.69, 9.17) is 19.7 Å². The predicted molar refractivity (Wildman–Crippen MR) is 392 cm³/mol. The van der Waals surface area contributed by atoms with Crippen LogP contribution < -0.4 is 16.0 Å². The fourth-order valence-electron chi connectivity index (χ4n) is 14.7. The number of rotatable bonds is 25. The maximum atomic E-state index is 12.4. The van der Waals surface area contributed by atoms with Crippen molar-refractivity contribution < 1.29 is 56.3 Å². The Morgan fingerprint density at radius 2 is 1.02 bits per heavy atom. The molecule has 9 heterocycles. The van der Waals surface area contributed by atoms with Gasteiger partial charge in [-0.25, -0.2) is 36.9 Å². The molecule has 30 heteroatoms. The van der Waals surface area contributed by atoms with E-state index in [-0.39, 0.29) is 60.5 Å². The zero-order valence-corrected chi connectivity index (χ0v) is 61.2. The lowest BCUT2D eigenvalue weighted by Crippen LogP contribution is -2.25. The molecule has 0 saturated heterocycles. The molecule has 0 aliphatic heterocycles. The number of aliphatic hydroxyl groups excluding tert-OH is 3. The molecule has 9 aromatic heterocycles. The number of ketones is 2. The van der Waals surface area contributed by atoms with E-state index in [0.717, 1.165) is 162 Å². The molecule has 0 radical (unpaired) electrons. The van der Waals surface area contributed by atoms with Crippen LogP contribution >= 0.6 is 0 Å². The number of fused-ring (bicyclic) bond motifs is 3. The van der Waals surface area contributed by atoms with Crippen LogP contribution in [0.3, 0.4) is 0 Å². The van der Waals surface area contributed by atoms with Gasteiger partial charge in [0.15, 0.2) is 21.4 Å². The van der Waals surface area contributed by atoms with Gasteiger partial charge in [0.05, 0.1) is 97.1 Å². The Bertz CT molecular complexity index is 4690. The maximum absolute atomic E-state index is 12.4. The summed E-state index contributed by atoms with van der Waals surface area (Å²) in [7, 11) is 0.114. The molecule has 14 rings (SSSR count). The molecule has 0 spiro atoms. The third kappa shape index (κ3) is 18.4. The quantitative estimate of drug-likeness (QED) is 0.0290. The Kier molecular flexibility index (Phi) is 24.5. The summed E-state index contributed by atoms with van der Waals surface area (Å²) in [5, 5.41) is 63.0. The van der Waals surface area contributed by atoms with Crippen molar-refractivity contribution in [1.29, 1.82) is 0 Å². The van der Waals surface area contributed by atoms with Crippen molar-refractivity contribution in [3.63, 3.8) is 0 Å². The number of nitrogens with one attached hydrogen (secondary N) is 3. The Labute approximate surface area is 608 Å². The summed E-state index contributed by atoms with van der Waals surface area (Å²) in [6.45, 7) is 6.17. The van der Waals surface area contributed by atoms with E-state index in [2.05, 4.69) is 74.1 Å². The molecule has 4 aliphatic carbocycles. The van der Waals surface area contributed by atoms with Crippen molar-refractivity contribution >= 4 is 55.8 Å². The van der Waals surface area contributed by atoms with Crippen LogP contribution in [0, 0.1) is 0 Å². The molecule has 4 fully saturated rings. The van der Waals surface area contributed by atoms with Crippen LogP contribution in [0.15, 0.2) is 109 Å². The largest absolute Gasteiger partial charge is 0.393 e. The van der Waals surface area contributed by atoms with E-state index in [9.17, 15) is 42.1 Å². The number of hydrogen-bond donors (Lipinski definition) is 6. The smallest absolute Gasteiger partial charge is 0.345 e. The number of hydrogen-bond acceptors (Lipinski definition) is 22. The van der Waals surface area contributed by atoms with Crippen LogP contribution in [-0.4, -0.2) is 187 Å². The molecule has 4 saturated carbocycles. The van der Waals surface area contributed by atoms with Crippen molar-refractivity contribution in [3.8, 4) is 33.4 Å². The third-order valence-corrected chi connectivity index (χ3v) is 21.4. The second-order valence-corrected chi connectivity index (χ2v) is 30.4. The van der Waals surface area contributed by atoms with Crippen molar-refractivity contribution in [2.24, 2.45) is 0 Å². The van der Waals surface area contributed by atoms with Gasteiger partial charge < -0.3 is 45.5 Å². The first-order valence-corrected chi connectivity index (χ1v) is 38.2. The van der Waals surface area contributed by atoms with E-state index in [0.29, 0.717) is 72.9 Å². The van der Waals surface area contributed by atoms with Gasteiger partial charge in [0, 0.05) is 138 Å². The number of anilines is 3. The number of ether oxygens (including phenoxy) is 3. The number of alkyl halides is 2. The molecule has 0 bridgehead atoms. The van der Waals surface area contributed by atoms with E-state index in [1.165, 1.54) is 6.26 Å². The number of carbonyl (C=O) groups excluding carboxylic acids is 2. The number of halogens is 2. The third-order valence-electron chi connectivity index (χ3n) is 20.2. The highest BCUT2D eigenvalue weighted by atomic mass is 32.2. The molecule has 10 aromatic rings. The second kappa shape index (κ2) is 34.0. The molecule has 27 nitrogen and oxygen atoms in total. The number of Topliss-reactive ketones (excluding diaryl/α,β-unsaturated/α-hetero) is 2. The minimum absolute atomic E-state index is 0.0151. The zero-order chi connectivity index (χ0) is 74.1. The van der Waals surface area contributed by atoms with Gasteiger partial charge in [0.2, 0.25) is 17.8 Å². The summed E-state index contributed by atoms with van der Waals surface area (Å²) in [6, 6.07) is 16.5. The second-order valence-electron chi connectivity index (χ2n) is 28.4. The van der Waals surface area contributed by atoms with Crippen LogP contribution in [0.2, 0.25) is 0 Å². The average Bonchev–Trinajstić information content (AvgIpc) is 1.63. The number of aromatic nitrogens is 14. The van der Waals surface area contributed by atoms with E-state index < -0.39 is 22.5 Å². The summed E-state index contributed by atoms with van der Waals surface area (Å²) in [5.41, 5.74) is 12.9. The maximum Gasteiger partial charge on any atom is 0.345 e. The first-order chi connectivity index (χ1) is 50.6. The predicted octanol–water partition coefficient (Wildman–Crippen LogP) is 11.3. The van der Waals surface area contributed by atoms with Gasteiger partial charge in [-0.3, -0.25) is 23.9 Å². The lowest BCUT2D eigenvalue weighted by Gasteiger charge is -2.25. The Hall–Kier alpha value is -9.04. The van der Waals surface area contributed by atoms with Gasteiger partial charge in [-0.15, -0.1) is 15.3 Å². The fourth-order valence-corrected chi connectivity index (χ4v) is 15.3. The summed E-state index contributed by atoms with van der Waals surface area (Å²) in [4.78, 5) is 42.3. The minimum atomic E-state index is -3.23. The standard InChI is InChI=1S/C27H34N6O4S.C24H29F2N5O3.C24H32N6O3/c1-18(17-37-2)30-27-28-14-26-24(12-25(33(26)31-27)20-6-8-22(34)9-7-20)21-13-29-32(16-21)15-19-4-10-23(11-5-19)38(3,35)36;1-3-22(33)19-9-6-16(11-27-19)18-10-20(15-4-7-17(32)8-5-15)31-21(18)12-28-24(30-31)29-14(2)13-34-23(25)26;1-15(14-33-2)27-24-25-12-22-19(17-11-26-29(13-17)20-4-3-5-23(20)32)10-21(30(22)28-24)16-6-8-18(31)9-7-16/h4-5,10-14,16,18,20,22,34H,6-9,15,17H2,1-3H3,(H,30,31);6,9-12,14-15,17,23,32H,3-5,7-8,13H2,1-2H3,(H,29,30);10-13,15-16,18,20,31H,3-9,14H2,1-2H3,(H,27,28)/t18-,20?,22?;14-,15?,17?;15-,16?,18?,20+/m000/s1. The normalized spacial score (nSPS) is 20.9. The highest BCUT2D eigenvalue weighted by molar-refractivity contribution is 7.90. The van der Waals surface area contributed by atoms with Crippen LogP contribution in [0.1, 0.15) is 187 Å². The lowest BCUT2D eigenvalue weighted by atomic mass is 9.85. The fraction of sp³-hybridized carbons (Fsp3) is 0.507. The molecular formula is C75H95F2N17O10S. The number of nitrogens with zero attached hydrogens (tertiary/aromatic N) is 14. The van der Waals surface area contributed by atoms with Gasteiger partial charge in [-0.2, -0.15) is 19.0 Å². The molecular weight excluding hydrogens is 1370 g/mol. The molecule has 105 heavy (non-hydrogen) atoms. The molecule has 0 amide bonds. The first-order valence-electron chi connectivity index (χ1n) is 36.4. The van der Waals surface area contributed by atoms with E-state index >= 15 is 0 Å². The zero-order valence-electron chi connectivity index (χ0n) is 60.4. The molecule has 1 aromatic carbocycles. The number of pyridine rings is 1. The Morgan fingerprint density at radius 1 is 0.571 bits per heavy atom. The van der Waals surface area contributed by atoms with E-state index in [1.54, 1.807) is 58.7 Å². The van der Waals surface area contributed by atoms with Crippen LogP contribution in [0.4, 0.5) is 26.6 Å². The highest BCUT2D eigenvalue weighted by Gasteiger charge is 2.32. The van der Waals surface area contributed by atoms with Gasteiger partial charge >= 0.3 is 6.61 Å². The highest BCUT2D eigenvalue weighted by Crippen LogP contribution is 2.42.